The Balaban J connectivity index is 4.99. The van der Waals surface area contributed by atoms with Gasteiger partial charge in [-0.15, -0.1) is 0 Å². The Bertz CT molecular complexity index is 343. The molecule has 0 aromatic carbocycles. The monoisotopic (exact) mass is 252 g/mol. The fourth-order valence-electron chi connectivity index (χ4n) is 1.12. The third-order valence-electron chi connectivity index (χ3n) is 1.61. The molecule has 0 unspecified atom stereocenters. The van der Waals surface area contributed by atoms with E-state index in [-0.39, 0.29) is 0 Å². The number of carbonyl (C=O) groups is 1. The Kier molecular flexibility index (Phi) is 4.90. The molecule has 0 rings (SSSR count). The highest BCUT2D eigenvalue weighted by Gasteiger charge is 2.30. The second kappa shape index (κ2) is 5.11. The molecule has 0 aromatic heterocycles. The van der Waals surface area contributed by atoms with Crippen molar-refractivity contribution in [1.29, 1.82) is 0 Å². The fourth-order valence-corrected chi connectivity index (χ4v) is 2.85. The van der Waals surface area contributed by atoms with Gasteiger partial charge >= 0.3 is 5.97 Å². The maximum Gasteiger partial charge on any atom is 0.318 e. The van der Waals surface area contributed by atoms with Gasteiger partial charge in [-0.25, -0.2) is 0 Å². The highest BCUT2D eigenvalue weighted by Crippen LogP contribution is 2.09. The maximum atomic E-state index is 11.9. The molecule has 16 heavy (non-hydrogen) atoms. The SMILES string of the molecule is CC(C)N(CC(=O)O)S(=O)(=O)NC(C)(C)C. The topological polar surface area (TPSA) is 86.7 Å². The minimum absolute atomic E-state index is 0.407. The van der Waals surface area contributed by atoms with Gasteiger partial charge in [0.1, 0.15) is 6.54 Å². The van der Waals surface area contributed by atoms with E-state index in [0.29, 0.717) is 0 Å². The molecule has 0 atom stereocenters. The van der Waals surface area contributed by atoms with Crippen molar-refractivity contribution >= 4 is 16.2 Å². The van der Waals surface area contributed by atoms with Crippen LogP contribution >= 0.6 is 0 Å². The molecule has 0 aromatic rings. The molecule has 2 N–H and O–H groups in total. The smallest absolute Gasteiger partial charge is 0.318 e. The van der Waals surface area contributed by atoms with E-state index in [1.165, 1.54) is 0 Å². The summed E-state index contributed by atoms with van der Waals surface area (Å²) in [5.41, 5.74) is -0.634. The number of nitrogens with one attached hydrogen (secondary N) is 1. The van der Waals surface area contributed by atoms with Crippen molar-refractivity contribution in [3.8, 4) is 0 Å². The first-order valence-corrected chi connectivity index (χ1v) is 6.42. The predicted molar refractivity (Wildman–Crippen MR) is 61.3 cm³/mol. The quantitative estimate of drug-likeness (QED) is 0.742. The largest absolute Gasteiger partial charge is 0.480 e. The lowest BCUT2D eigenvalue weighted by atomic mass is 10.1. The molecule has 0 spiro atoms. The van der Waals surface area contributed by atoms with Crippen molar-refractivity contribution in [1.82, 2.24) is 9.03 Å². The molecule has 0 amide bonds. The Morgan fingerprint density at radius 2 is 1.81 bits per heavy atom. The predicted octanol–water partition coefficient (Wildman–Crippen LogP) is 0.414. The van der Waals surface area contributed by atoms with Gasteiger partial charge in [0.15, 0.2) is 0 Å². The van der Waals surface area contributed by atoms with Crippen molar-refractivity contribution < 1.29 is 18.3 Å². The summed E-state index contributed by atoms with van der Waals surface area (Å²) in [6, 6.07) is -0.407. The first-order chi connectivity index (χ1) is 6.96. The van der Waals surface area contributed by atoms with Crippen LogP contribution in [0, 0.1) is 0 Å². The van der Waals surface area contributed by atoms with E-state index in [9.17, 15) is 13.2 Å². The molecular weight excluding hydrogens is 232 g/mol. The van der Waals surface area contributed by atoms with Crippen LogP contribution in [0.3, 0.4) is 0 Å². The number of aliphatic carboxylic acids is 1. The van der Waals surface area contributed by atoms with Crippen LogP contribution in [0.15, 0.2) is 0 Å². The normalized spacial score (nSPS) is 13.4. The number of hydrogen-bond donors (Lipinski definition) is 2. The van der Waals surface area contributed by atoms with E-state index in [1.54, 1.807) is 34.6 Å². The fraction of sp³-hybridized carbons (Fsp3) is 0.889. The van der Waals surface area contributed by atoms with Crippen LogP contribution in [0.5, 0.6) is 0 Å². The maximum absolute atomic E-state index is 11.9. The lowest BCUT2D eigenvalue weighted by Gasteiger charge is -2.29. The van der Waals surface area contributed by atoms with Crippen molar-refractivity contribution in [2.24, 2.45) is 0 Å². The summed E-state index contributed by atoms with van der Waals surface area (Å²) in [5.74, 6) is -1.17. The molecular formula is C9H20N2O4S. The van der Waals surface area contributed by atoms with Crippen molar-refractivity contribution in [2.75, 3.05) is 6.54 Å². The molecule has 0 saturated heterocycles. The molecule has 0 aliphatic rings. The second-order valence-corrected chi connectivity index (χ2v) is 6.51. The molecule has 0 aliphatic carbocycles. The van der Waals surface area contributed by atoms with Gasteiger partial charge in [0.2, 0.25) is 0 Å². The average Bonchev–Trinajstić information content (AvgIpc) is 1.93. The summed E-state index contributed by atoms with van der Waals surface area (Å²) < 4.78 is 27.1. The van der Waals surface area contributed by atoms with Crippen molar-refractivity contribution in [3.63, 3.8) is 0 Å². The summed E-state index contributed by atoms with van der Waals surface area (Å²) in [6.45, 7) is 7.82. The van der Waals surface area contributed by atoms with E-state index >= 15 is 0 Å². The average molecular weight is 252 g/mol. The molecule has 0 radical (unpaired) electrons. The standard InChI is InChI=1S/C9H20N2O4S/c1-7(2)11(6-8(12)13)16(14,15)10-9(3,4)5/h7,10H,6H2,1-5H3,(H,12,13). The molecule has 0 aliphatic heterocycles. The number of hydrogen-bond acceptors (Lipinski definition) is 3. The van der Waals surface area contributed by atoms with Crippen molar-refractivity contribution in [3.05, 3.63) is 0 Å². The number of carboxylic acids is 1. The summed E-state index contributed by atoms with van der Waals surface area (Å²) in [7, 11) is -3.77. The highest BCUT2D eigenvalue weighted by atomic mass is 32.2. The first-order valence-electron chi connectivity index (χ1n) is 4.98. The highest BCUT2D eigenvalue weighted by molar-refractivity contribution is 7.87. The zero-order valence-corrected chi connectivity index (χ0v) is 11.1. The van der Waals surface area contributed by atoms with Gasteiger partial charge in [-0.3, -0.25) is 4.79 Å². The molecule has 0 heterocycles. The minimum atomic E-state index is -3.77. The third kappa shape index (κ3) is 5.43. The van der Waals surface area contributed by atoms with E-state index in [1.807, 2.05) is 0 Å². The Morgan fingerprint density at radius 3 is 2.06 bits per heavy atom. The number of rotatable bonds is 5. The van der Waals surface area contributed by atoms with E-state index in [0.717, 1.165) is 4.31 Å². The molecule has 96 valence electrons. The molecule has 0 fully saturated rings. The summed E-state index contributed by atoms with van der Waals surface area (Å²) >= 11 is 0. The van der Waals surface area contributed by atoms with Crippen LogP contribution in [-0.4, -0.2) is 41.9 Å². The molecule has 0 saturated carbocycles. The lowest BCUT2D eigenvalue weighted by molar-refractivity contribution is -0.137. The zero-order valence-electron chi connectivity index (χ0n) is 10.3. The van der Waals surface area contributed by atoms with Crippen LogP contribution in [-0.2, 0) is 15.0 Å². The Hall–Kier alpha value is -0.660. The summed E-state index contributed by atoms with van der Waals surface area (Å²) in [4.78, 5) is 10.6. The second-order valence-electron chi connectivity index (χ2n) is 4.89. The van der Waals surface area contributed by atoms with Crippen LogP contribution in [0.2, 0.25) is 0 Å². The van der Waals surface area contributed by atoms with E-state index in [2.05, 4.69) is 4.72 Å². The number of nitrogens with zero attached hydrogens (tertiary/aromatic N) is 1. The van der Waals surface area contributed by atoms with Gasteiger partial charge in [-0.1, -0.05) is 0 Å². The Labute approximate surface area is 96.8 Å². The van der Waals surface area contributed by atoms with Crippen LogP contribution in [0.1, 0.15) is 34.6 Å². The van der Waals surface area contributed by atoms with Gasteiger partial charge in [0.25, 0.3) is 10.2 Å². The van der Waals surface area contributed by atoms with Crippen LogP contribution < -0.4 is 4.72 Å². The van der Waals surface area contributed by atoms with Gasteiger partial charge < -0.3 is 5.11 Å². The summed E-state index contributed by atoms with van der Waals surface area (Å²) in [6.07, 6.45) is 0. The van der Waals surface area contributed by atoms with Gasteiger partial charge in [0.05, 0.1) is 0 Å². The summed E-state index contributed by atoms with van der Waals surface area (Å²) in [5, 5.41) is 8.66. The van der Waals surface area contributed by atoms with Gasteiger partial charge in [-0.2, -0.15) is 17.4 Å². The zero-order chi connectivity index (χ0) is 13.1. The van der Waals surface area contributed by atoms with Crippen LogP contribution in [0.4, 0.5) is 0 Å². The third-order valence-corrected chi connectivity index (χ3v) is 3.65. The van der Waals surface area contributed by atoms with Crippen LogP contribution in [0.25, 0.3) is 0 Å². The lowest BCUT2D eigenvalue weighted by Crippen LogP contribution is -2.52. The number of carboxylic acid groups (broad SMARTS) is 1. The molecule has 7 heteroatoms. The van der Waals surface area contributed by atoms with Gasteiger partial charge in [0, 0.05) is 11.6 Å². The Morgan fingerprint density at radius 1 is 1.38 bits per heavy atom. The van der Waals surface area contributed by atoms with Crippen molar-refractivity contribution in [2.45, 2.75) is 46.2 Å². The molecule has 6 nitrogen and oxygen atoms in total. The van der Waals surface area contributed by atoms with Gasteiger partial charge in [-0.05, 0) is 34.6 Å². The van der Waals surface area contributed by atoms with E-state index in [4.69, 9.17) is 5.11 Å². The first kappa shape index (κ1) is 15.3. The molecule has 0 bridgehead atoms. The van der Waals surface area contributed by atoms with E-state index < -0.39 is 34.3 Å². The minimum Gasteiger partial charge on any atom is -0.480 e.